The smallest absolute Gasteiger partial charge is 0.337 e. The van der Waals surface area contributed by atoms with Crippen LogP contribution in [0.25, 0.3) is 0 Å². The van der Waals surface area contributed by atoms with Gasteiger partial charge in [0, 0.05) is 38.4 Å². The minimum Gasteiger partial charge on any atom is -0.465 e. The second kappa shape index (κ2) is 10.7. The molecule has 1 N–H and O–H groups in total. The van der Waals surface area contributed by atoms with E-state index in [1.807, 2.05) is 18.2 Å². The molecule has 1 amide bonds. The number of carbonyl (C=O) groups excluding carboxylic acids is 3. The van der Waals surface area contributed by atoms with E-state index in [1.54, 1.807) is 0 Å². The van der Waals surface area contributed by atoms with E-state index in [0.717, 1.165) is 32.7 Å². The fourth-order valence-corrected chi connectivity index (χ4v) is 3.52. The zero-order valence-corrected chi connectivity index (χ0v) is 17.8. The van der Waals surface area contributed by atoms with E-state index in [1.165, 1.54) is 38.0 Å². The van der Waals surface area contributed by atoms with E-state index in [9.17, 15) is 14.4 Å². The Morgan fingerprint density at radius 1 is 0.839 bits per heavy atom. The lowest BCUT2D eigenvalue weighted by atomic mass is 10.1. The Morgan fingerprint density at radius 3 is 1.94 bits per heavy atom. The fraction of sp³-hybridized carbons (Fsp3) is 0.348. The summed E-state index contributed by atoms with van der Waals surface area (Å²) in [5, 5.41) is 2.77. The Morgan fingerprint density at radius 2 is 1.39 bits per heavy atom. The van der Waals surface area contributed by atoms with Crippen LogP contribution in [0.4, 0.5) is 5.69 Å². The van der Waals surface area contributed by atoms with Crippen LogP contribution in [0.2, 0.25) is 0 Å². The number of benzene rings is 2. The molecule has 2 aromatic rings. The Kier molecular flexibility index (Phi) is 7.75. The summed E-state index contributed by atoms with van der Waals surface area (Å²) in [5.74, 6) is -1.42. The molecule has 1 aliphatic rings. The molecule has 1 heterocycles. The van der Waals surface area contributed by atoms with Crippen molar-refractivity contribution in [2.45, 2.75) is 6.54 Å². The Balaban J connectivity index is 1.56. The number of carbonyl (C=O) groups is 3. The topological polar surface area (TPSA) is 88.2 Å². The molecule has 1 aliphatic heterocycles. The Labute approximate surface area is 181 Å². The molecule has 0 saturated carbocycles. The van der Waals surface area contributed by atoms with Gasteiger partial charge in [-0.3, -0.25) is 14.6 Å². The molecule has 8 nitrogen and oxygen atoms in total. The molecule has 2 aromatic carbocycles. The second-order valence-electron chi connectivity index (χ2n) is 7.37. The van der Waals surface area contributed by atoms with Gasteiger partial charge in [-0.15, -0.1) is 0 Å². The normalized spacial score (nSPS) is 14.6. The average Bonchev–Trinajstić information content (AvgIpc) is 2.79. The van der Waals surface area contributed by atoms with Gasteiger partial charge in [0.25, 0.3) is 0 Å². The number of hydrogen-bond donors (Lipinski definition) is 1. The quantitative estimate of drug-likeness (QED) is 0.679. The number of esters is 2. The molecule has 0 unspecified atom stereocenters. The summed E-state index contributed by atoms with van der Waals surface area (Å²) < 4.78 is 9.44. The molecule has 0 aromatic heterocycles. The van der Waals surface area contributed by atoms with E-state index < -0.39 is 11.9 Å². The largest absolute Gasteiger partial charge is 0.465 e. The molecule has 1 fully saturated rings. The molecule has 0 aliphatic carbocycles. The van der Waals surface area contributed by atoms with Crippen LogP contribution in [0.5, 0.6) is 0 Å². The van der Waals surface area contributed by atoms with Crippen molar-refractivity contribution in [1.29, 1.82) is 0 Å². The van der Waals surface area contributed by atoms with Gasteiger partial charge in [-0.2, -0.15) is 0 Å². The van der Waals surface area contributed by atoms with Crippen molar-refractivity contribution < 1.29 is 23.9 Å². The molecule has 3 rings (SSSR count). The standard InChI is InChI=1S/C23H27N3O5/c1-30-22(28)18-12-19(23(29)31-2)14-20(13-18)24-21(27)16-26-10-8-25(9-11-26)15-17-6-4-3-5-7-17/h3-7,12-14H,8-11,15-16H2,1-2H3,(H,24,27). The van der Waals surface area contributed by atoms with Gasteiger partial charge in [-0.1, -0.05) is 30.3 Å². The zero-order chi connectivity index (χ0) is 22.2. The van der Waals surface area contributed by atoms with E-state index in [4.69, 9.17) is 9.47 Å². The first-order valence-electron chi connectivity index (χ1n) is 10.1. The lowest BCUT2D eigenvalue weighted by Gasteiger charge is -2.34. The molecular weight excluding hydrogens is 398 g/mol. The molecule has 31 heavy (non-hydrogen) atoms. The van der Waals surface area contributed by atoms with Crippen LogP contribution in [0.3, 0.4) is 0 Å². The third-order valence-corrected chi connectivity index (χ3v) is 5.14. The molecular formula is C23H27N3O5. The maximum Gasteiger partial charge on any atom is 0.337 e. The Bertz CT molecular complexity index is 890. The Hall–Kier alpha value is -3.23. The van der Waals surface area contributed by atoms with Gasteiger partial charge < -0.3 is 14.8 Å². The van der Waals surface area contributed by atoms with Crippen molar-refractivity contribution in [3.8, 4) is 0 Å². The van der Waals surface area contributed by atoms with E-state index in [0.29, 0.717) is 5.69 Å². The van der Waals surface area contributed by atoms with Crippen LogP contribution in [0, 0.1) is 0 Å². The van der Waals surface area contributed by atoms with Gasteiger partial charge in [0.1, 0.15) is 0 Å². The van der Waals surface area contributed by atoms with Crippen molar-refractivity contribution in [3.05, 3.63) is 65.2 Å². The monoisotopic (exact) mass is 425 g/mol. The van der Waals surface area contributed by atoms with E-state index >= 15 is 0 Å². The predicted molar refractivity (Wildman–Crippen MR) is 116 cm³/mol. The first-order valence-corrected chi connectivity index (χ1v) is 10.1. The van der Waals surface area contributed by atoms with Gasteiger partial charge in [-0.25, -0.2) is 9.59 Å². The maximum atomic E-state index is 12.6. The van der Waals surface area contributed by atoms with Crippen molar-refractivity contribution in [2.75, 3.05) is 52.3 Å². The predicted octanol–water partition coefficient (Wildman–Crippen LogP) is 2.02. The number of hydrogen-bond acceptors (Lipinski definition) is 7. The van der Waals surface area contributed by atoms with Gasteiger partial charge in [0.05, 0.1) is 31.9 Å². The summed E-state index contributed by atoms with van der Waals surface area (Å²) in [7, 11) is 2.51. The zero-order valence-electron chi connectivity index (χ0n) is 17.8. The number of methoxy groups -OCH3 is 2. The number of nitrogens with zero attached hydrogens (tertiary/aromatic N) is 2. The summed E-state index contributed by atoms with van der Waals surface area (Å²) in [6, 6.07) is 14.7. The van der Waals surface area contributed by atoms with Gasteiger partial charge in [0.15, 0.2) is 0 Å². The van der Waals surface area contributed by atoms with E-state index in [-0.39, 0.29) is 23.6 Å². The van der Waals surface area contributed by atoms with Gasteiger partial charge in [-0.05, 0) is 23.8 Å². The number of amides is 1. The highest BCUT2D eigenvalue weighted by Gasteiger charge is 2.20. The van der Waals surface area contributed by atoms with Crippen LogP contribution < -0.4 is 5.32 Å². The van der Waals surface area contributed by atoms with Crippen molar-refractivity contribution in [1.82, 2.24) is 9.80 Å². The minimum absolute atomic E-state index is 0.162. The van der Waals surface area contributed by atoms with Crippen LogP contribution in [0.1, 0.15) is 26.3 Å². The van der Waals surface area contributed by atoms with Crippen molar-refractivity contribution in [2.24, 2.45) is 0 Å². The number of rotatable bonds is 7. The SMILES string of the molecule is COC(=O)c1cc(NC(=O)CN2CCN(Cc3ccccc3)CC2)cc(C(=O)OC)c1. The highest BCUT2D eigenvalue weighted by Crippen LogP contribution is 2.17. The molecule has 164 valence electrons. The summed E-state index contributed by atoms with van der Waals surface area (Å²) in [6.07, 6.45) is 0. The molecule has 0 radical (unpaired) electrons. The molecule has 0 bridgehead atoms. The summed E-state index contributed by atoms with van der Waals surface area (Å²) >= 11 is 0. The first kappa shape index (κ1) is 22.5. The minimum atomic E-state index is -0.601. The number of piperazine rings is 1. The summed E-state index contributed by atoms with van der Waals surface area (Å²) in [4.78, 5) is 40.8. The van der Waals surface area contributed by atoms with Crippen molar-refractivity contribution >= 4 is 23.5 Å². The molecule has 8 heteroatoms. The number of ether oxygens (including phenoxy) is 2. The summed E-state index contributed by atoms with van der Waals surface area (Å²) in [6.45, 7) is 4.47. The third-order valence-electron chi connectivity index (χ3n) is 5.14. The molecule has 1 saturated heterocycles. The third kappa shape index (κ3) is 6.37. The number of anilines is 1. The second-order valence-corrected chi connectivity index (χ2v) is 7.37. The average molecular weight is 425 g/mol. The van der Waals surface area contributed by atoms with E-state index in [2.05, 4.69) is 27.2 Å². The van der Waals surface area contributed by atoms with Crippen LogP contribution in [-0.2, 0) is 20.8 Å². The fourth-order valence-electron chi connectivity index (χ4n) is 3.52. The van der Waals surface area contributed by atoms with Gasteiger partial charge in [0.2, 0.25) is 5.91 Å². The first-order chi connectivity index (χ1) is 15.0. The number of nitrogens with one attached hydrogen (secondary N) is 1. The highest BCUT2D eigenvalue weighted by atomic mass is 16.5. The van der Waals surface area contributed by atoms with Crippen LogP contribution in [-0.4, -0.2) is 74.6 Å². The van der Waals surface area contributed by atoms with Crippen LogP contribution >= 0.6 is 0 Å². The summed E-state index contributed by atoms with van der Waals surface area (Å²) in [5.41, 5.74) is 1.95. The van der Waals surface area contributed by atoms with Crippen LogP contribution in [0.15, 0.2) is 48.5 Å². The maximum absolute atomic E-state index is 12.6. The highest BCUT2D eigenvalue weighted by molar-refractivity contribution is 5.99. The molecule has 0 atom stereocenters. The van der Waals surface area contributed by atoms with Gasteiger partial charge >= 0.3 is 11.9 Å². The lowest BCUT2D eigenvalue weighted by molar-refractivity contribution is -0.117. The van der Waals surface area contributed by atoms with Crippen molar-refractivity contribution in [3.63, 3.8) is 0 Å². The lowest BCUT2D eigenvalue weighted by Crippen LogP contribution is -2.48. The molecule has 0 spiro atoms.